The van der Waals surface area contributed by atoms with E-state index in [0.717, 1.165) is 5.56 Å². The number of aliphatic hydroxyl groups is 1. The molecule has 1 aromatic heterocycles. The highest BCUT2D eigenvalue weighted by molar-refractivity contribution is 6.30. The second-order valence-corrected chi connectivity index (χ2v) is 5.25. The summed E-state index contributed by atoms with van der Waals surface area (Å²) in [4.78, 5) is 8.26. The Balaban J connectivity index is 1.97. The fraction of sp³-hybridized carbons (Fsp3) is 0.125. The molecule has 6 heteroatoms. The minimum atomic E-state index is -0.376. The minimum Gasteiger partial charge on any atom is -0.394 e. The highest BCUT2D eigenvalue weighted by atomic mass is 35.5. The van der Waals surface area contributed by atoms with Gasteiger partial charge in [0.15, 0.2) is 0 Å². The van der Waals surface area contributed by atoms with E-state index >= 15 is 0 Å². The summed E-state index contributed by atoms with van der Waals surface area (Å²) in [6.07, 6.45) is 1.40. The minimum absolute atomic E-state index is 0.136. The third kappa shape index (κ3) is 3.00. The zero-order chi connectivity index (χ0) is 15.5. The molecule has 1 atom stereocenters. The van der Waals surface area contributed by atoms with Crippen LogP contribution in [-0.4, -0.2) is 21.7 Å². The number of fused-ring (bicyclic) bond motifs is 1. The summed E-state index contributed by atoms with van der Waals surface area (Å²) in [7, 11) is 0. The van der Waals surface area contributed by atoms with Crippen molar-refractivity contribution < 1.29 is 9.50 Å². The molecule has 0 spiro atoms. The first-order chi connectivity index (χ1) is 10.7. The molecule has 3 aromatic rings. The number of aliphatic hydroxyl groups excluding tert-OH is 1. The van der Waals surface area contributed by atoms with Crippen molar-refractivity contribution in [2.24, 2.45) is 0 Å². The van der Waals surface area contributed by atoms with Gasteiger partial charge in [-0.15, -0.1) is 0 Å². The van der Waals surface area contributed by atoms with Crippen molar-refractivity contribution in [3.8, 4) is 0 Å². The van der Waals surface area contributed by atoms with Crippen molar-refractivity contribution in [1.29, 1.82) is 0 Å². The standard InChI is InChI=1S/C16H13ClFN3O/c17-11-3-1-10(2-4-11)15(8-22)21-16-13-7-12(18)5-6-14(13)19-9-20-16/h1-7,9,15,22H,8H2,(H,19,20,21). The number of anilines is 1. The maximum absolute atomic E-state index is 13.5. The average Bonchev–Trinajstić information content (AvgIpc) is 2.54. The van der Waals surface area contributed by atoms with Crippen LogP contribution < -0.4 is 5.32 Å². The summed E-state index contributed by atoms with van der Waals surface area (Å²) in [5.74, 6) is 0.107. The summed E-state index contributed by atoms with van der Waals surface area (Å²) in [6, 6.07) is 11.1. The molecule has 0 fully saturated rings. The van der Waals surface area contributed by atoms with Crippen LogP contribution in [-0.2, 0) is 0 Å². The van der Waals surface area contributed by atoms with Gasteiger partial charge in [0.05, 0.1) is 18.2 Å². The van der Waals surface area contributed by atoms with E-state index < -0.39 is 0 Å². The highest BCUT2D eigenvalue weighted by Crippen LogP contribution is 2.25. The molecule has 0 aliphatic carbocycles. The summed E-state index contributed by atoms with van der Waals surface area (Å²) >= 11 is 5.87. The van der Waals surface area contributed by atoms with Crippen LogP contribution in [0.3, 0.4) is 0 Å². The summed E-state index contributed by atoms with van der Waals surface area (Å²) < 4.78 is 13.5. The Morgan fingerprint density at radius 3 is 2.64 bits per heavy atom. The predicted molar refractivity (Wildman–Crippen MR) is 84.4 cm³/mol. The van der Waals surface area contributed by atoms with Gasteiger partial charge in [0, 0.05) is 10.4 Å². The molecular formula is C16H13ClFN3O. The van der Waals surface area contributed by atoms with E-state index in [0.29, 0.717) is 21.7 Å². The normalized spacial score (nSPS) is 12.3. The van der Waals surface area contributed by atoms with Crippen molar-refractivity contribution in [2.45, 2.75) is 6.04 Å². The van der Waals surface area contributed by atoms with E-state index in [1.165, 1.54) is 18.5 Å². The Labute approximate surface area is 131 Å². The van der Waals surface area contributed by atoms with Gasteiger partial charge in [-0.1, -0.05) is 23.7 Å². The van der Waals surface area contributed by atoms with Crippen LogP contribution in [0.1, 0.15) is 11.6 Å². The Morgan fingerprint density at radius 1 is 1.14 bits per heavy atom. The number of benzene rings is 2. The van der Waals surface area contributed by atoms with E-state index in [1.807, 2.05) is 12.1 Å². The fourth-order valence-corrected chi connectivity index (χ4v) is 2.36. The lowest BCUT2D eigenvalue weighted by Crippen LogP contribution is -2.16. The largest absolute Gasteiger partial charge is 0.394 e. The molecule has 1 unspecified atom stereocenters. The van der Waals surface area contributed by atoms with Crippen LogP contribution >= 0.6 is 11.6 Å². The molecule has 0 saturated heterocycles. The van der Waals surface area contributed by atoms with Crippen molar-refractivity contribution in [3.63, 3.8) is 0 Å². The number of rotatable bonds is 4. The zero-order valence-corrected chi connectivity index (χ0v) is 12.3. The van der Waals surface area contributed by atoms with E-state index in [-0.39, 0.29) is 18.5 Å². The van der Waals surface area contributed by atoms with Crippen molar-refractivity contribution >= 4 is 28.3 Å². The number of hydrogen-bond donors (Lipinski definition) is 2. The molecule has 112 valence electrons. The second-order valence-electron chi connectivity index (χ2n) is 4.81. The number of hydrogen-bond acceptors (Lipinski definition) is 4. The van der Waals surface area contributed by atoms with Crippen LogP contribution in [0.15, 0.2) is 48.8 Å². The maximum atomic E-state index is 13.5. The quantitative estimate of drug-likeness (QED) is 0.772. The zero-order valence-electron chi connectivity index (χ0n) is 11.5. The van der Waals surface area contributed by atoms with Crippen LogP contribution in [0.25, 0.3) is 10.9 Å². The topological polar surface area (TPSA) is 58.0 Å². The predicted octanol–water partition coefficient (Wildman–Crippen LogP) is 3.57. The third-order valence-corrected chi connectivity index (χ3v) is 3.62. The van der Waals surface area contributed by atoms with Crippen molar-refractivity contribution in [1.82, 2.24) is 9.97 Å². The average molecular weight is 318 g/mol. The molecule has 0 aliphatic heterocycles. The van der Waals surface area contributed by atoms with E-state index in [2.05, 4.69) is 15.3 Å². The molecule has 2 N–H and O–H groups in total. The van der Waals surface area contributed by atoms with Crippen LogP contribution in [0.4, 0.5) is 10.2 Å². The van der Waals surface area contributed by atoms with Crippen molar-refractivity contribution in [3.05, 3.63) is 65.2 Å². The highest BCUT2D eigenvalue weighted by Gasteiger charge is 2.13. The summed E-state index contributed by atoms with van der Waals surface area (Å²) in [5.41, 5.74) is 1.49. The van der Waals surface area contributed by atoms with Crippen molar-refractivity contribution in [2.75, 3.05) is 11.9 Å². The van der Waals surface area contributed by atoms with Gasteiger partial charge in [-0.3, -0.25) is 0 Å². The molecular weight excluding hydrogens is 305 g/mol. The second kappa shape index (κ2) is 6.25. The summed E-state index contributed by atoms with van der Waals surface area (Å²) in [6.45, 7) is -0.136. The number of aromatic nitrogens is 2. The van der Waals surface area contributed by atoms with Crippen LogP contribution in [0.5, 0.6) is 0 Å². The smallest absolute Gasteiger partial charge is 0.137 e. The first kappa shape index (κ1) is 14.7. The SMILES string of the molecule is OCC(Nc1ncnc2ccc(F)cc12)c1ccc(Cl)cc1. The van der Waals surface area contributed by atoms with Gasteiger partial charge in [0.25, 0.3) is 0 Å². The van der Waals surface area contributed by atoms with E-state index in [4.69, 9.17) is 11.6 Å². The Hall–Kier alpha value is -2.24. The maximum Gasteiger partial charge on any atom is 0.137 e. The van der Waals surface area contributed by atoms with E-state index in [9.17, 15) is 9.50 Å². The molecule has 2 aromatic carbocycles. The van der Waals surface area contributed by atoms with Gasteiger partial charge in [-0.2, -0.15) is 0 Å². The van der Waals surface area contributed by atoms with E-state index in [1.54, 1.807) is 18.2 Å². The number of halogens is 2. The fourth-order valence-electron chi connectivity index (χ4n) is 2.24. The van der Waals surface area contributed by atoms with Crippen LogP contribution in [0, 0.1) is 5.82 Å². The molecule has 0 saturated carbocycles. The lowest BCUT2D eigenvalue weighted by Gasteiger charge is -2.18. The van der Waals surface area contributed by atoms with Crippen LogP contribution in [0.2, 0.25) is 5.02 Å². The Bertz CT molecular complexity index is 795. The molecule has 22 heavy (non-hydrogen) atoms. The van der Waals surface area contributed by atoms with Gasteiger partial charge in [0.1, 0.15) is 18.0 Å². The van der Waals surface area contributed by atoms with Gasteiger partial charge < -0.3 is 10.4 Å². The Morgan fingerprint density at radius 2 is 1.91 bits per heavy atom. The molecule has 1 heterocycles. The first-order valence-electron chi connectivity index (χ1n) is 6.70. The van der Waals surface area contributed by atoms with Gasteiger partial charge in [-0.05, 0) is 35.9 Å². The molecule has 0 amide bonds. The molecule has 4 nitrogen and oxygen atoms in total. The molecule has 0 radical (unpaired) electrons. The number of nitrogens with one attached hydrogen (secondary N) is 1. The third-order valence-electron chi connectivity index (χ3n) is 3.36. The molecule has 0 bridgehead atoms. The first-order valence-corrected chi connectivity index (χ1v) is 7.08. The number of nitrogens with zero attached hydrogens (tertiary/aromatic N) is 2. The monoisotopic (exact) mass is 317 g/mol. The molecule has 3 rings (SSSR count). The molecule has 0 aliphatic rings. The lowest BCUT2D eigenvalue weighted by molar-refractivity contribution is 0.276. The van der Waals surface area contributed by atoms with Gasteiger partial charge in [0.2, 0.25) is 0 Å². The van der Waals surface area contributed by atoms with Gasteiger partial charge in [-0.25, -0.2) is 14.4 Å². The Kier molecular flexibility index (Phi) is 4.18. The van der Waals surface area contributed by atoms with Gasteiger partial charge >= 0.3 is 0 Å². The lowest BCUT2D eigenvalue weighted by atomic mass is 10.1. The summed E-state index contributed by atoms with van der Waals surface area (Å²) in [5, 5.41) is 13.9.